The Morgan fingerprint density at radius 2 is 1.94 bits per heavy atom. The first-order valence-corrected chi connectivity index (χ1v) is 6.10. The molecule has 96 valence electrons. The molecule has 4 nitrogen and oxygen atoms in total. The lowest BCUT2D eigenvalue weighted by molar-refractivity contribution is -0.142. The summed E-state index contributed by atoms with van der Waals surface area (Å²) in [5.74, 6) is -0.503. The van der Waals surface area contributed by atoms with Crippen molar-refractivity contribution in [2.45, 2.75) is 24.7 Å². The van der Waals surface area contributed by atoms with E-state index < -0.39 is 11.4 Å². The Bertz CT molecular complexity index is 438. The van der Waals surface area contributed by atoms with Crippen LogP contribution in [0, 0.1) is 0 Å². The van der Waals surface area contributed by atoms with Gasteiger partial charge in [0.25, 0.3) is 0 Å². The van der Waals surface area contributed by atoms with E-state index in [1.807, 2.05) is 30.3 Å². The van der Waals surface area contributed by atoms with Crippen molar-refractivity contribution < 1.29 is 14.3 Å². The third kappa shape index (κ3) is 2.23. The molecule has 18 heavy (non-hydrogen) atoms. The first kappa shape index (κ1) is 12.6. The molecule has 4 heteroatoms. The van der Waals surface area contributed by atoms with Gasteiger partial charge in [-0.25, -0.2) is 0 Å². The Balaban J connectivity index is 2.09. The summed E-state index contributed by atoms with van der Waals surface area (Å²) in [6.45, 7) is -0.0656. The van der Waals surface area contributed by atoms with Gasteiger partial charge in [-0.05, 0) is 18.4 Å². The average Bonchev–Trinajstić information content (AvgIpc) is 2.36. The molecule has 0 atom stereocenters. The minimum atomic E-state index is -0.449. The molecule has 1 aromatic rings. The van der Waals surface area contributed by atoms with Crippen LogP contribution in [0.5, 0.6) is 0 Å². The Labute approximate surface area is 106 Å². The predicted octanol–water partition coefficient (Wildman–Crippen LogP) is 1.40. The summed E-state index contributed by atoms with van der Waals surface area (Å²) in [4.78, 5) is 23.3. The Kier molecular flexibility index (Phi) is 3.65. The molecule has 0 saturated heterocycles. The molecule has 1 amide bonds. The van der Waals surface area contributed by atoms with Crippen molar-refractivity contribution in [2.75, 3.05) is 13.7 Å². The largest absolute Gasteiger partial charge is 0.468 e. The van der Waals surface area contributed by atoms with E-state index in [2.05, 4.69) is 10.1 Å². The molecule has 0 aromatic heterocycles. The maximum absolute atomic E-state index is 12.2. The van der Waals surface area contributed by atoms with E-state index in [-0.39, 0.29) is 12.5 Å². The van der Waals surface area contributed by atoms with Crippen LogP contribution >= 0.6 is 0 Å². The summed E-state index contributed by atoms with van der Waals surface area (Å²) in [5.41, 5.74) is 0.577. The highest BCUT2D eigenvalue weighted by Gasteiger charge is 2.45. The van der Waals surface area contributed by atoms with Crippen LogP contribution in [0.1, 0.15) is 24.8 Å². The Morgan fingerprint density at radius 3 is 2.44 bits per heavy atom. The second-order valence-electron chi connectivity index (χ2n) is 4.56. The number of rotatable bonds is 4. The lowest BCUT2D eigenvalue weighted by Crippen LogP contribution is -2.50. The van der Waals surface area contributed by atoms with Gasteiger partial charge in [0.1, 0.15) is 6.54 Å². The SMILES string of the molecule is COC(=O)CNC(=O)C1(c2ccccc2)CCC1. The number of methoxy groups -OCH3 is 1. The minimum Gasteiger partial charge on any atom is -0.468 e. The van der Waals surface area contributed by atoms with Crippen LogP contribution in [0.15, 0.2) is 30.3 Å². The van der Waals surface area contributed by atoms with Crippen molar-refractivity contribution in [3.63, 3.8) is 0 Å². The molecule has 2 rings (SSSR count). The molecule has 0 spiro atoms. The molecule has 0 heterocycles. The van der Waals surface area contributed by atoms with E-state index in [9.17, 15) is 9.59 Å². The summed E-state index contributed by atoms with van der Waals surface area (Å²) < 4.78 is 4.52. The first-order chi connectivity index (χ1) is 8.69. The zero-order valence-electron chi connectivity index (χ0n) is 10.4. The van der Waals surface area contributed by atoms with E-state index in [0.717, 1.165) is 24.8 Å². The quantitative estimate of drug-likeness (QED) is 0.818. The lowest BCUT2D eigenvalue weighted by atomic mass is 9.64. The molecule has 1 saturated carbocycles. The molecule has 0 aliphatic heterocycles. The Hall–Kier alpha value is -1.84. The summed E-state index contributed by atoms with van der Waals surface area (Å²) in [7, 11) is 1.31. The van der Waals surface area contributed by atoms with E-state index in [0.29, 0.717) is 0 Å². The normalized spacial score (nSPS) is 16.5. The maximum atomic E-state index is 12.2. The van der Waals surface area contributed by atoms with Crippen LogP contribution in [-0.2, 0) is 19.7 Å². The molecule has 1 fully saturated rings. The smallest absolute Gasteiger partial charge is 0.325 e. The van der Waals surface area contributed by atoms with Crippen LogP contribution in [0.25, 0.3) is 0 Å². The van der Waals surface area contributed by atoms with Gasteiger partial charge >= 0.3 is 5.97 Å². The van der Waals surface area contributed by atoms with Crippen molar-refractivity contribution in [3.05, 3.63) is 35.9 Å². The van der Waals surface area contributed by atoms with Gasteiger partial charge in [0.2, 0.25) is 5.91 Å². The molecular weight excluding hydrogens is 230 g/mol. The van der Waals surface area contributed by atoms with E-state index >= 15 is 0 Å². The zero-order valence-corrected chi connectivity index (χ0v) is 10.4. The molecular formula is C14H17NO3. The maximum Gasteiger partial charge on any atom is 0.325 e. The number of hydrogen-bond acceptors (Lipinski definition) is 3. The van der Waals surface area contributed by atoms with E-state index in [1.54, 1.807) is 0 Å². The predicted molar refractivity (Wildman–Crippen MR) is 67.0 cm³/mol. The second-order valence-corrected chi connectivity index (χ2v) is 4.56. The number of carbonyl (C=O) groups is 2. The molecule has 1 N–H and O–H groups in total. The van der Waals surface area contributed by atoms with Crippen LogP contribution in [0.3, 0.4) is 0 Å². The molecule has 0 bridgehead atoms. The van der Waals surface area contributed by atoms with Gasteiger partial charge in [0, 0.05) is 0 Å². The van der Waals surface area contributed by atoms with Crippen LogP contribution in [-0.4, -0.2) is 25.5 Å². The number of nitrogens with one attached hydrogen (secondary N) is 1. The number of ether oxygens (including phenoxy) is 1. The fourth-order valence-electron chi connectivity index (χ4n) is 2.33. The van der Waals surface area contributed by atoms with Crippen molar-refractivity contribution >= 4 is 11.9 Å². The molecule has 1 aromatic carbocycles. The fourth-order valence-corrected chi connectivity index (χ4v) is 2.33. The van der Waals surface area contributed by atoms with Crippen LogP contribution < -0.4 is 5.32 Å². The van der Waals surface area contributed by atoms with Crippen LogP contribution in [0.2, 0.25) is 0 Å². The fraction of sp³-hybridized carbons (Fsp3) is 0.429. The van der Waals surface area contributed by atoms with E-state index in [1.165, 1.54) is 7.11 Å². The molecule has 1 aliphatic rings. The Morgan fingerprint density at radius 1 is 1.28 bits per heavy atom. The third-order valence-corrected chi connectivity index (χ3v) is 3.59. The standard InChI is InChI=1S/C14H17NO3/c1-18-12(16)10-15-13(17)14(8-5-9-14)11-6-3-2-4-7-11/h2-4,6-7H,5,8-10H2,1H3,(H,15,17). The molecule has 0 unspecified atom stereocenters. The van der Waals surface area contributed by atoms with Gasteiger partial charge in [-0.1, -0.05) is 36.8 Å². The van der Waals surface area contributed by atoms with Gasteiger partial charge in [0.05, 0.1) is 12.5 Å². The zero-order chi connectivity index (χ0) is 13.0. The summed E-state index contributed by atoms with van der Waals surface area (Å²) in [5, 5.41) is 2.66. The van der Waals surface area contributed by atoms with Crippen LogP contribution in [0.4, 0.5) is 0 Å². The first-order valence-electron chi connectivity index (χ1n) is 6.10. The van der Waals surface area contributed by atoms with Gasteiger partial charge < -0.3 is 10.1 Å². The van der Waals surface area contributed by atoms with Gasteiger partial charge in [0.15, 0.2) is 0 Å². The summed E-state index contributed by atoms with van der Waals surface area (Å²) in [6.07, 6.45) is 2.72. The van der Waals surface area contributed by atoms with Gasteiger partial charge in [-0.3, -0.25) is 9.59 Å². The summed E-state index contributed by atoms with van der Waals surface area (Å²) >= 11 is 0. The number of amides is 1. The third-order valence-electron chi connectivity index (χ3n) is 3.59. The number of esters is 1. The van der Waals surface area contributed by atoms with Crippen molar-refractivity contribution in [3.8, 4) is 0 Å². The summed E-state index contributed by atoms with van der Waals surface area (Å²) in [6, 6.07) is 9.74. The highest BCUT2D eigenvalue weighted by molar-refractivity contribution is 5.91. The second kappa shape index (κ2) is 5.21. The minimum absolute atomic E-state index is 0.0656. The van der Waals surface area contributed by atoms with Crippen molar-refractivity contribution in [1.82, 2.24) is 5.32 Å². The number of benzene rings is 1. The molecule has 0 radical (unpaired) electrons. The van der Waals surface area contributed by atoms with Crippen molar-refractivity contribution in [1.29, 1.82) is 0 Å². The topological polar surface area (TPSA) is 55.4 Å². The van der Waals surface area contributed by atoms with Gasteiger partial charge in [-0.15, -0.1) is 0 Å². The van der Waals surface area contributed by atoms with Gasteiger partial charge in [-0.2, -0.15) is 0 Å². The van der Waals surface area contributed by atoms with E-state index in [4.69, 9.17) is 0 Å². The number of hydrogen-bond donors (Lipinski definition) is 1. The van der Waals surface area contributed by atoms with Crippen molar-refractivity contribution in [2.24, 2.45) is 0 Å². The average molecular weight is 247 g/mol. The highest BCUT2D eigenvalue weighted by atomic mass is 16.5. The monoisotopic (exact) mass is 247 g/mol. The number of carbonyl (C=O) groups excluding carboxylic acids is 2. The highest BCUT2D eigenvalue weighted by Crippen LogP contribution is 2.43. The lowest BCUT2D eigenvalue weighted by Gasteiger charge is -2.40. The molecule has 1 aliphatic carbocycles.